The van der Waals surface area contributed by atoms with Crippen LogP contribution in [0.3, 0.4) is 0 Å². The average molecular weight is 490 g/mol. The van der Waals surface area contributed by atoms with Gasteiger partial charge >= 0.3 is 0 Å². The van der Waals surface area contributed by atoms with Crippen LogP contribution in [0.25, 0.3) is 17.5 Å². The molecule has 2 aliphatic rings. The fraction of sp³-hybridized carbons (Fsp3) is 0.444. The molecule has 1 aromatic carbocycles. The number of fused-ring (bicyclic) bond motifs is 1. The smallest absolute Gasteiger partial charge is 0.163 e. The Morgan fingerprint density at radius 3 is 2.64 bits per heavy atom. The first-order valence-electron chi connectivity index (χ1n) is 12.3. The predicted molar refractivity (Wildman–Crippen MR) is 142 cm³/mol. The fourth-order valence-corrected chi connectivity index (χ4v) is 4.98. The summed E-state index contributed by atoms with van der Waals surface area (Å²) in [7, 11) is 3.72. The SMILES string of the molecule is CCOc1cc(-c2nncn2C)ccc1NN1C=Cc2cc(C)nc(N3CC(C)(OC)C3(C)C)c2C1. The second kappa shape index (κ2) is 8.81. The monoisotopic (exact) mass is 489 g/mol. The highest BCUT2D eigenvalue weighted by molar-refractivity contribution is 5.69. The summed E-state index contributed by atoms with van der Waals surface area (Å²) in [6, 6.07) is 8.20. The Morgan fingerprint density at radius 2 is 1.97 bits per heavy atom. The van der Waals surface area contributed by atoms with Gasteiger partial charge in [-0.3, -0.25) is 10.4 Å². The quantitative estimate of drug-likeness (QED) is 0.523. The molecular formula is C27H35N7O2. The third-order valence-electron chi connectivity index (χ3n) is 7.68. The number of aromatic nitrogens is 4. The molecule has 190 valence electrons. The van der Waals surface area contributed by atoms with Crippen LogP contribution in [0.2, 0.25) is 0 Å². The van der Waals surface area contributed by atoms with Crippen molar-refractivity contribution in [3.05, 3.63) is 53.6 Å². The molecule has 0 amide bonds. The lowest BCUT2D eigenvalue weighted by molar-refractivity contribution is -0.0919. The highest BCUT2D eigenvalue weighted by atomic mass is 16.5. The van der Waals surface area contributed by atoms with Crippen LogP contribution in [-0.4, -0.2) is 56.2 Å². The molecule has 1 N–H and O–H groups in total. The molecular weight excluding hydrogens is 454 g/mol. The van der Waals surface area contributed by atoms with E-state index in [9.17, 15) is 0 Å². The zero-order valence-electron chi connectivity index (χ0n) is 22.2. The number of pyridine rings is 1. The van der Waals surface area contributed by atoms with Gasteiger partial charge in [0.05, 0.1) is 30.9 Å². The molecule has 1 atom stereocenters. The lowest BCUT2D eigenvalue weighted by atomic mass is 9.73. The minimum Gasteiger partial charge on any atom is -0.492 e. The van der Waals surface area contributed by atoms with Crippen molar-refractivity contribution in [2.45, 2.75) is 52.3 Å². The first kappa shape index (κ1) is 24.1. The molecule has 0 aliphatic carbocycles. The van der Waals surface area contributed by atoms with Gasteiger partial charge in [0.1, 0.15) is 23.5 Å². The molecule has 9 nitrogen and oxygen atoms in total. The number of hydrogen-bond acceptors (Lipinski definition) is 8. The van der Waals surface area contributed by atoms with Crippen molar-refractivity contribution in [2.75, 3.05) is 30.6 Å². The lowest BCUT2D eigenvalue weighted by Gasteiger charge is -2.62. The largest absolute Gasteiger partial charge is 0.492 e. The normalized spacial score (nSPS) is 20.2. The maximum atomic E-state index is 5.99. The minimum absolute atomic E-state index is 0.173. The summed E-state index contributed by atoms with van der Waals surface area (Å²) < 4.78 is 13.7. The van der Waals surface area contributed by atoms with E-state index in [4.69, 9.17) is 14.5 Å². The summed E-state index contributed by atoms with van der Waals surface area (Å²) in [6.07, 6.45) is 5.90. The number of nitrogens with zero attached hydrogens (tertiary/aromatic N) is 6. The molecule has 1 fully saturated rings. The van der Waals surface area contributed by atoms with Crippen molar-refractivity contribution in [1.29, 1.82) is 0 Å². The van der Waals surface area contributed by atoms with Crippen molar-refractivity contribution in [3.63, 3.8) is 0 Å². The Morgan fingerprint density at radius 1 is 1.17 bits per heavy atom. The number of ether oxygens (including phenoxy) is 2. The maximum absolute atomic E-state index is 5.99. The highest BCUT2D eigenvalue weighted by Gasteiger charge is 2.57. The van der Waals surface area contributed by atoms with Crippen molar-refractivity contribution in [2.24, 2.45) is 7.05 Å². The summed E-state index contributed by atoms with van der Waals surface area (Å²) in [5, 5.41) is 10.3. The number of nitrogens with one attached hydrogen (secondary N) is 1. The first-order chi connectivity index (χ1) is 17.2. The van der Waals surface area contributed by atoms with E-state index in [1.54, 1.807) is 13.4 Å². The number of benzene rings is 1. The second-order valence-corrected chi connectivity index (χ2v) is 10.2. The van der Waals surface area contributed by atoms with Crippen LogP contribution < -0.4 is 15.1 Å². The summed E-state index contributed by atoms with van der Waals surface area (Å²) >= 11 is 0. The van der Waals surface area contributed by atoms with Crippen LogP contribution in [0, 0.1) is 6.92 Å². The fourth-order valence-electron chi connectivity index (χ4n) is 4.98. The molecule has 2 aromatic heterocycles. The molecule has 0 radical (unpaired) electrons. The molecule has 2 aliphatic heterocycles. The molecule has 1 unspecified atom stereocenters. The Balaban J connectivity index is 1.43. The second-order valence-electron chi connectivity index (χ2n) is 10.2. The molecule has 4 heterocycles. The van der Waals surface area contributed by atoms with Gasteiger partial charge in [0.25, 0.3) is 0 Å². The van der Waals surface area contributed by atoms with Crippen LogP contribution in [0.5, 0.6) is 5.75 Å². The van der Waals surface area contributed by atoms with Crippen LogP contribution in [0.15, 0.2) is 36.8 Å². The zero-order valence-corrected chi connectivity index (χ0v) is 22.2. The molecule has 3 aromatic rings. The maximum Gasteiger partial charge on any atom is 0.163 e. The standard InChI is InChI=1S/C27H35N7O2/c1-8-36-23-14-20(24-30-28-17-32(24)6)9-10-22(23)31-33-12-11-19-13-18(2)29-25(21(19)15-33)34-16-27(5,35-7)26(34,3)4/h9-14,17,31H,8,15-16H2,1-7H3. The zero-order chi connectivity index (χ0) is 25.7. The number of rotatable bonds is 7. The highest BCUT2D eigenvalue weighted by Crippen LogP contribution is 2.46. The van der Waals surface area contributed by atoms with Gasteiger partial charge in [0.2, 0.25) is 0 Å². The average Bonchev–Trinajstić information content (AvgIpc) is 3.29. The summed E-state index contributed by atoms with van der Waals surface area (Å²) in [4.78, 5) is 7.34. The van der Waals surface area contributed by atoms with Crippen molar-refractivity contribution in [3.8, 4) is 17.1 Å². The van der Waals surface area contributed by atoms with Crippen molar-refractivity contribution < 1.29 is 9.47 Å². The third-order valence-corrected chi connectivity index (χ3v) is 7.68. The topological polar surface area (TPSA) is 80.6 Å². The van der Waals surface area contributed by atoms with Crippen molar-refractivity contribution in [1.82, 2.24) is 24.8 Å². The van der Waals surface area contributed by atoms with Crippen LogP contribution in [0.4, 0.5) is 11.5 Å². The van der Waals surface area contributed by atoms with E-state index in [2.05, 4.69) is 71.6 Å². The van der Waals surface area contributed by atoms with Gasteiger partial charge in [0, 0.05) is 37.2 Å². The minimum atomic E-state index is -0.218. The Kier molecular flexibility index (Phi) is 5.90. The third kappa shape index (κ3) is 3.87. The molecule has 36 heavy (non-hydrogen) atoms. The summed E-state index contributed by atoms with van der Waals surface area (Å²) in [5.41, 5.74) is 8.37. The van der Waals surface area contributed by atoms with Crippen molar-refractivity contribution >= 4 is 17.6 Å². The molecule has 1 saturated heterocycles. The Bertz CT molecular complexity index is 1320. The van der Waals surface area contributed by atoms with Gasteiger partial charge in [-0.15, -0.1) is 10.2 Å². The van der Waals surface area contributed by atoms with Crippen LogP contribution >= 0.6 is 0 Å². The number of methoxy groups -OCH3 is 1. The number of anilines is 2. The summed E-state index contributed by atoms with van der Waals surface area (Å²) in [6.45, 7) is 12.7. The first-order valence-corrected chi connectivity index (χ1v) is 12.3. The van der Waals surface area contributed by atoms with E-state index >= 15 is 0 Å². The van der Waals surface area contributed by atoms with Crippen LogP contribution in [-0.2, 0) is 18.3 Å². The van der Waals surface area contributed by atoms with Gasteiger partial charge in [-0.1, -0.05) is 0 Å². The van der Waals surface area contributed by atoms with Gasteiger partial charge in [-0.25, -0.2) is 4.98 Å². The predicted octanol–water partition coefficient (Wildman–Crippen LogP) is 4.40. The molecule has 0 spiro atoms. The summed E-state index contributed by atoms with van der Waals surface area (Å²) in [5.74, 6) is 2.57. The number of hydrogen-bond donors (Lipinski definition) is 1. The van der Waals surface area contributed by atoms with Gasteiger partial charge in [-0.05, 0) is 70.5 Å². The van der Waals surface area contributed by atoms with Gasteiger partial charge in [-0.2, -0.15) is 0 Å². The van der Waals surface area contributed by atoms with E-state index in [0.29, 0.717) is 13.2 Å². The number of hydrazine groups is 1. The van der Waals surface area contributed by atoms with E-state index < -0.39 is 0 Å². The molecule has 0 saturated carbocycles. The van der Waals surface area contributed by atoms with Gasteiger partial charge < -0.3 is 18.9 Å². The molecule has 0 bridgehead atoms. The van der Waals surface area contributed by atoms with E-state index in [1.807, 2.05) is 36.7 Å². The van der Waals surface area contributed by atoms with E-state index in [-0.39, 0.29) is 11.1 Å². The van der Waals surface area contributed by atoms with Crippen LogP contribution in [0.1, 0.15) is 44.5 Å². The molecule has 9 heteroatoms. The lowest BCUT2D eigenvalue weighted by Crippen LogP contribution is -2.76. The Hall–Kier alpha value is -3.59. The molecule has 5 rings (SSSR count). The van der Waals surface area contributed by atoms with Gasteiger partial charge in [0.15, 0.2) is 5.82 Å². The van der Waals surface area contributed by atoms with E-state index in [1.165, 1.54) is 11.1 Å². The number of aryl methyl sites for hydroxylation is 2. The van der Waals surface area contributed by atoms with E-state index in [0.717, 1.165) is 40.9 Å². The Labute approximate surface area is 212 Å².